The first kappa shape index (κ1) is 13.3. The van der Waals surface area contributed by atoms with Crippen molar-refractivity contribution in [3.63, 3.8) is 0 Å². The summed E-state index contributed by atoms with van der Waals surface area (Å²) in [6.07, 6.45) is 1.01. The molecule has 2 rings (SSSR count). The second-order valence-electron chi connectivity index (χ2n) is 4.47. The van der Waals surface area contributed by atoms with Gasteiger partial charge in [-0.25, -0.2) is 4.39 Å². The monoisotopic (exact) mass is 258 g/mol. The van der Waals surface area contributed by atoms with Crippen molar-refractivity contribution in [2.24, 2.45) is 0 Å². The van der Waals surface area contributed by atoms with Crippen molar-refractivity contribution in [3.8, 4) is 0 Å². The molecule has 2 aromatic carbocycles. The van der Waals surface area contributed by atoms with Crippen molar-refractivity contribution in [3.05, 3.63) is 71.5 Å². The Kier molecular flexibility index (Phi) is 4.29. The van der Waals surface area contributed by atoms with Gasteiger partial charge >= 0.3 is 5.97 Å². The fourth-order valence-electron chi connectivity index (χ4n) is 2.12. The van der Waals surface area contributed by atoms with Gasteiger partial charge in [0.25, 0.3) is 0 Å². The summed E-state index contributed by atoms with van der Waals surface area (Å²) in [4.78, 5) is 11.3. The standard InChI is InChI=1S/C16H15FO2/c17-14-8-4-5-12(11-14)9-10-15(16(18)19)13-6-2-1-3-7-13/h1-8,11,15H,9-10H2,(H,18,19). The fraction of sp³-hybridized carbons (Fsp3) is 0.188. The van der Waals surface area contributed by atoms with Gasteiger partial charge in [0.1, 0.15) is 5.82 Å². The van der Waals surface area contributed by atoms with Crippen LogP contribution in [0.4, 0.5) is 4.39 Å². The Bertz CT molecular complexity index is 552. The molecule has 0 saturated carbocycles. The number of halogens is 1. The number of hydrogen-bond donors (Lipinski definition) is 1. The maximum absolute atomic E-state index is 13.1. The Morgan fingerprint density at radius 1 is 1.11 bits per heavy atom. The second-order valence-corrected chi connectivity index (χ2v) is 4.47. The van der Waals surface area contributed by atoms with E-state index in [1.165, 1.54) is 12.1 Å². The van der Waals surface area contributed by atoms with Gasteiger partial charge in [-0.2, -0.15) is 0 Å². The molecule has 0 bridgehead atoms. The summed E-state index contributed by atoms with van der Waals surface area (Å²) in [5.74, 6) is -1.68. The Morgan fingerprint density at radius 2 is 1.84 bits per heavy atom. The third-order valence-corrected chi connectivity index (χ3v) is 3.11. The average molecular weight is 258 g/mol. The molecule has 3 heteroatoms. The number of hydrogen-bond acceptors (Lipinski definition) is 1. The Labute approximate surface area is 111 Å². The highest BCUT2D eigenvalue weighted by atomic mass is 19.1. The lowest BCUT2D eigenvalue weighted by atomic mass is 9.92. The zero-order chi connectivity index (χ0) is 13.7. The maximum Gasteiger partial charge on any atom is 0.310 e. The second kappa shape index (κ2) is 6.14. The number of rotatable bonds is 5. The van der Waals surface area contributed by atoms with Gasteiger partial charge in [-0.3, -0.25) is 4.79 Å². The van der Waals surface area contributed by atoms with E-state index in [0.29, 0.717) is 12.8 Å². The van der Waals surface area contributed by atoms with Gasteiger partial charge < -0.3 is 5.11 Å². The molecule has 98 valence electrons. The van der Waals surface area contributed by atoms with E-state index < -0.39 is 11.9 Å². The molecule has 0 fully saturated rings. The van der Waals surface area contributed by atoms with E-state index in [-0.39, 0.29) is 5.82 Å². The molecule has 0 spiro atoms. The number of carbonyl (C=O) groups is 1. The first-order valence-electron chi connectivity index (χ1n) is 6.19. The molecule has 0 aliphatic heterocycles. The highest BCUT2D eigenvalue weighted by Crippen LogP contribution is 2.22. The molecule has 0 aromatic heterocycles. The van der Waals surface area contributed by atoms with Crippen molar-refractivity contribution in [1.82, 2.24) is 0 Å². The molecule has 0 heterocycles. The van der Waals surface area contributed by atoms with Gasteiger partial charge in [-0.1, -0.05) is 42.5 Å². The lowest BCUT2D eigenvalue weighted by Crippen LogP contribution is -2.12. The summed E-state index contributed by atoms with van der Waals surface area (Å²) in [5.41, 5.74) is 1.61. The topological polar surface area (TPSA) is 37.3 Å². The molecule has 1 atom stereocenters. The minimum absolute atomic E-state index is 0.288. The Morgan fingerprint density at radius 3 is 2.47 bits per heavy atom. The number of aryl methyl sites for hydroxylation is 1. The van der Waals surface area contributed by atoms with Crippen LogP contribution in [-0.4, -0.2) is 11.1 Å². The number of benzene rings is 2. The third kappa shape index (κ3) is 3.65. The predicted octanol–water partition coefficient (Wildman–Crippen LogP) is 3.63. The lowest BCUT2D eigenvalue weighted by molar-refractivity contribution is -0.138. The average Bonchev–Trinajstić information content (AvgIpc) is 2.40. The first-order chi connectivity index (χ1) is 9.16. The van der Waals surface area contributed by atoms with E-state index in [4.69, 9.17) is 0 Å². The molecular formula is C16H15FO2. The fourth-order valence-corrected chi connectivity index (χ4v) is 2.12. The van der Waals surface area contributed by atoms with Crippen LogP contribution in [0.3, 0.4) is 0 Å². The van der Waals surface area contributed by atoms with Crippen LogP contribution >= 0.6 is 0 Å². The Balaban J connectivity index is 2.08. The van der Waals surface area contributed by atoms with Gasteiger partial charge in [0.2, 0.25) is 0 Å². The van der Waals surface area contributed by atoms with E-state index in [1.807, 2.05) is 36.4 Å². The smallest absolute Gasteiger partial charge is 0.310 e. The molecule has 0 amide bonds. The van der Waals surface area contributed by atoms with Gasteiger partial charge in [0.05, 0.1) is 5.92 Å². The zero-order valence-electron chi connectivity index (χ0n) is 10.4. The molecule has 0 saturated heterocycles. The third-order valence-electron chi connectivity index (χ3n) is 3.11. The first-order valence-corrected chi connectivity index (χ1v) is 6.19. The molecule has 1 N–H and O–H groups in total. The van der Waals surface area contributed by atoms with Crippen LogP contribution in [0, 0.1) is 5.82 Å². The summed E-state index contributed by atoms with van der Waals surface area (Å²) in [6, 6.07) is 15.4. The van der Waals surface area contributed by atoms with Gasteiger partial charge in [-0.15, -0.1) is 0 Å². The highest BCUT2D eigenvalue weighted by molar-refractivity contribution is 5.76. The Hall–Kier alpha value is -2.16. The number of carboxylic acid groups (broad SMARTS) is 1. The number of aliphatic carboxylic acids is 1. The molecule has 2 nitrogen and oxygen atoms in total. The van der Waals surface area contributed by atoms with Crippen LogP contribution in [-0.2, 0) is 11.2 Å². The molecule has 2 aromatic rings. The van der Waals surface area contributed by atoms with Crippen molar-refractivity contribution in [2.75, 3.05) is 0 Å². The highest BCUT2D eigenvalue weighted by Gasteiger charge is 2.19. The van der Waals surface area contributed by atoms with Crippen molar-refractivity contribution >= 4 is 5.97 Å². The molecule has 19 heavy (non-hydrogen) atoms. The summed E-state index contributed by atoms with van der Waals surface area (Å²) < 4.78 is 13.1. The minimum atomic E-state index is -0.845. The van der Waals surface area contributed by atoms with Crippen molar-refractivity contribution in [2.45, 2.75) is 18.8 Å². The maximum atomic E-state index is 13.1. The molecule has 0 aliphatic carbocycles. The van der Waals surface area contributed by atoms with Crippen molar-refractivity contribution in [1.29, 1.82) is 0 Å². The van der Waals surface area contributed by atoms with Crippen LogP contribution in [0.15, 0.2) is 54.6 Å². The van der Waals surface area contributed by atoms with Crippen LogP contribution in [0.5, 0.6) is 0 Å². The largest absolute Gasteiger partial charge is 0.481 e. The normalized spacial score (nSPS) is 12.1. The van der Waals surface area contributed by atoms with E-state index in [2.05, 4.69) is 0 Å². The summed E-state index contributed by atoms with van der Waals surface area (Å²) >= 11 is 0. The van der Waals surface area contributed by atoms with Crippen LogP contribution < -0.4 is 0 Å². The quantitative estimate of drug-likeness (QED) is 0.889. The van der Waals surface area contributed by atoms with E-state index in [0.717, 1.165) is 11.1 Å². The number of carboxylic acids is 1. The molecule has 0 radical (unpaired) electrons. The molecule has 0 aliphatic rings. The van der Waals surface area contributed by atoms with Gasteiger partial charge in [0, 0.05) is 0 Å². The summed E-state index contributed by atoms with van der Waals surface area (Å²) in [5, 5.41) is 9.29. The van der Waals surface area contributed by atoms with Crippen molar-refractivity contribution < 1.29 is 14.3 Å². The predicted molar refractivity (Wildman–Crippen MR) is 71.5 cm³/mol. The zero-order valence-corrected chi connectivity index (χ0v) is 10.4. The van der Waals surface area contributed by atoms with E-state index >= 15 is 0 Å². The van der Waals surface area contributed by atoms with Crippen LogP contribution in [0.25, 0.3) is 0 Å². The lowest BCUT2D eigenvalue weighted by Gasteiger charge is -2.12. The minimum Gasteiger partial charge on any atom is -0.481 e. The van der Waals surface area contributed by atoms with Gasteiger partial charge in [0.15, 0.2) is 0 Å². The molecular weight excluding hydrogens is 243 g/mol. The molecule has 1 unspecified atom stereocenters. The summed E-state index contributed by atoms with van der Waals surface area (Å²) in [6.45, 7) is 0. The van der Waals surface area contributed by atoms with Crippen LogP contribution in [0.1, 0.15) is 23.5 Å². The van der Waals surface area contributed by atoms with Gasteiger partial charge in [-0.05, 0) is 36.1 Å². The van der Waals surface area contributed by atoms with E-state index in [9.17, 15) is 14.3 Å². The van der Waals surface area contributed by atoms with E-state index in [1.54, 1.807) is 6.07 Å². The SMILES string of the molecule is O=C(O)C(CCc1cccc(F)c1)c1ccccc1. The van der Waals surface area contributed by atoms with Crippen LogP contribution in [0.2, 0.25) is 0 Å². The summed E-state index contributed by atoms with van der Waals surface area (Å²) in [7, 11) is 0.